The van der Waals surface area contributed by atoms with E-state index in [4.69, 9.17) is 5.73 Å². The number of nitrogens with two attached hydrogens (primary N) is 1. The van der Waals surface area contributed by atoms with Crippen molar-refractivity contribution in [1.82, 2.24) is 0 Å². The van der Waals surface area contributed by atoms with Crippen LogP contribution >= 0.6 is 0 Å². The molecular weight excluding hydrogens is 354 g/mol. The molecule has 1 aromatic carbocycles. The molecule has 5 fully saturated rings. The second kappa shape index (κ2) is 7.22. The maximum Gasteiger partial charge on any atom is 0.139 e. The minimum Gasteiger partial charge on any atom is -0.330 e. The smallest absolute Gasteiger partial charge is 0.139 e. The van der Waals surface area contributed by atoms with Crippen molar-refractivity contribution in [1.29, 1.82) is 0 Å². The topological polar surface area (TPSA) is 43.1 Å². The van der Waals surface area contributed by atoms with E-state index in [2.05, 4.69) is 37.3 Å². The molecule has 0 radical (unpaired) electrons. The molecule has 2 unspecified atom stereocenters. The van der Waals surface area contributed by atoms with Crippen molar-refractivity contribution in [3.05, 3.63) is 35.9 Å². The zero-order valence-electron chi connectivity index (χ0n) is 18.3. The van der Waals surface area contributed by atoms with Crippen LogP contribution in [0.15, 0.2) is 30.3 Å². The van der Waals surface area contributed by atoms with E-state index in [9.17, 15) is 4.79 Å². The molecule has 5 aliphatic carbocycles. The summed E-state index contributed by atoms with van der Waals surface area (Å²) in [5, 5.41) is 0. The summed E-state index contributed by atoms with van der Waals surface area (Å²) in [5.41, 5.74) is 8.03. The van der Waals surface area contributed by atoms with Crippen LogP contribution in [0.5, 0.6) is 0 Å². The molecule has 1 aromatic rings. The van der Waals surface area contributed by atoms with Crippen molar-refractivity contribution in [2.24, 2.45) is 34.3 Å². The van der Waals surface area contributed by atoms with E-state index in [-0.39, 0.29) is 10.8 Å². The average Bonchev–Trinajstić information content (AvgIpc) is 2.74. The first-order valence-corrected chi connectivity index (χ1v) is 12.3. The van der Waals surface area contributed by atoms with Crippen molar-refractivity contribution >= 4 is 5.78 Å². The zero-order valence-corrected chi connectivity index (χ0v) is 18.3. The van der Waals surface area contributed by atoms with E-state index in [1.165, 1.54) is 69.8 Å². The van der Waals surface area contributed by atoms with Crippen LogP contribution in [0, 0.1) is 28.6 Å². The Morgan fingerprint density at radius 2 is 1.69 bits per heavy atom. The van der Waals surface area contributed by atoms with E-state index < -0.39 is 0 Å². The summed E-state index contributed by atoms with van der Waals surface area (Å²) < 4.78 is 0. The second-order valence-corrected chi connectivity index (χ2v) is 11.5. The first-order valence-electron chi connectivity index (χ1n) is 12.3. The molecule has 0 aromatic heterocycles. The predicted molar refractivity (Wildman–Crippen MR) is 119 cm³/mol. The molecule has 4 bridgehead atoms. The lowest BCUT2D eigenvalue weighted by atomic mass is 9.37. The molecule has 0 heterocycles. The van der Waals surface area contributed by atoms with Crippen LogP contribution in [0.2, 0.25) is 0 Å². The lowest BCUT2D eigenvalue weighted by Gasteiger charge is -2.66. The van der Waals surface area contributed by atoms with E-state index in [1.807, 2.05) is 0 Å². The SMILES string of the molecule is CC[C@]12CC3CC(C(=O)CC4CCC(CN)CC4)(C1)C[C@@](c1ccccc1)(C3)C2. The monoisotopic (exact) mass is 393 g/mol. The van der Waals surface area contributed by atoms with Gasteiger partial charge in [-0.05, 0) is 105 Å². The Morgan fingerprint density at radius 3 is 2.38 bits per heavy atom. The Kier molecular flexibility index (Phi) is 4.93. The van der Waals surface area contributed by atoms with Gasteiger partial charge in [0.15, 0.2) is 0 Å². The summed E-state index contributed by atoms with van der Waals surface area (Å²) in [6.07, 6.45) is 14.5. The second-order valence-electron chi connectivity index (χ2n) is 11.5. The van der Waals surface area contributed by atoms with Crippen LogP contribution in [-0.2, 0) is 10.2 Å². The molecule has 5 aliphatic rings. The average molecular weight is 394 g/mol. The van der Waals surface area contributed by atoms with Gasteiger partial charge in [0.1, 0.15) is 5.78 Å². The number of carbonyl (C=O) groups excluding carboxylic acids is 1. The number of ketones is 1. The molecule has 2 nitrogen and oxygen atoms in total. The predicted octanol–water partition coefficient (Wildman–Crippen LogP) is 6.03. The number of Topliss-reactive ketones (excluding diaryl/α,β-unsaturated/α-hetero) is 1. The van der Waals surface area contributed by atoms with Crippen molar-refractivity contribution in [2.45, 2.75) is 89.4 Å². The first-order chi connectivity index (χ1) is 14.0. The first kappa shape index (κ1) is 19.8. The van der Waals surface area contributed by atoms with Crippen LogP contribution < -0.4 is 5.73 Å². The molecule has 0 spiro atoms. The highest BCUT2D eigenvalue weighted by molar-refractivity contribution is 5.86. The number of hydrogen-bond acceptors (Lipinski definition) is 2. The molecule has 5 saturated carbocycles. The summed E-state index contributed by atoms with van der Waals surface area (Å²) in [6.45, 7) is 3.21. The van der Waals surface area contributed by atoms with Crippen LogP contribution in [0.25, 0.3) is 0 Å². The quantitative estimate of drug-likeness (QED) is 0.641. The largest absolute Gasteiger partial charge is 0.330 e. The number of rotatable bonds is 6. The van der Waals surface area contributed by atoms with Gasteiger partial charge in [-0.25, -0.2) is 0 Å². The van der Waals surface area contributed by atoms with Gasteiger partial charge in [-0.2, -0.15) is 0 Å². The van der Waals surface area contributed by atoms with Crippen molar-refractivity contribution in [3.63, 3.8) is 0 Å². The van der Waals surface area contributed by atoms with Gasteiger partial charge < -0.3 is 5.73 Å². The summed E-state index contributed by atoms with van der Waals surface area (Å²) in [7, 11) is 0. The molecular formula is C27H39NO. The van der Waals surface area contributed by atoms with Crippen molar-refractivity contribution < 1.29 is 4.79 Å². The third-order valence-corrected chi connectivity index (χ3v) is 9.69. The van der Waals surface area contributed by atoms with E-state index in [0.717, 1.165) is 25.3 Å². The summed E-state index contributed by atoms with van der Waals surface area (Å²) in [4.78, 5) is 13.9. The Bertz CT molecular complexity index is 751. The van der Waals surface area contributed by atoms with Crippen LogP contribution in [0.3, 0.4) is 0 Å². The minimum absolute atomic E-state index is 0.0318. The third kappa shape index (κ3) is 3.30. The lowest BCUT2D eigenvalue weighted by Crippen LogP contribution is -2.61. The maximum atomic E-state index is 13.9. The Morgan fingerprint density at radius 1 is 0.966 bits per heavy atom. The van der Waals surface area contributed by atoms with Gasteiger partial charge in [0.25, 0.3) is 0 Å². The molecule has 4 atom stereocenters. The number of hydrogen-bond donors (Lipinski definition) is 1. The number of carbonyl (C=O) groups is 1. The van der Waals surface area contributed by atoms with E-state index in [1.54, 1.807) is 0 Å². The lowest BCUT2D eigenvalue weighted by molar-refractivity contribution is -0.162. The third-order valence-electron chi connectivity index (χ3n) is 9.69. The zero-order chi connectivity index (χ0) is 20.1. The number of benzene rings is 1. The fourth-order valence-electron chi connectivity index (χ4n) is 8.61. The molecule has 2 heteroatoms. The minimum atomic E-state index is -0.0318. The molecule has 6 rings (SSSR count). The highest BCUT2D eigenvalue weighted by atomic mass is 16.1. The van der Waals surface area contributed by atoms with Gasteiger partial charge in [0.2, 0.25) is 0 Å². The maximum absolute atomic E-state index is 13.9. The molecule has 2 N–H and O–H groups in total. The van der Waals surface area contributed by atoms with Gasteiger partial charge in [0, 0.05) is 11.8 Å². The molecule has 158 valence electrons. The fraction of sp³-hybridized carbons (Fsp3) is 0.741. The Hall–Kier alpha value is -1.15. The van der Waals surface area contributed by atoms with Crippen LogP contribution in [0.1, 0.15) is 89.5 Å². The Labute approximate surface area is 177 Å². The van der Waals surface area contributed by atoms with Gasteiger partial charge in [0.05, 0.1) is 0 Å². The standard InChI is InChI=1S/C27H39NO/c1-2-25-13-22-14-26(17-25,23-6-4-3-5-7-23)19-27(15-22,18-25)24(29)12-20-8-10-21(16-28)11-9-20/h3-7,20-22H,2,8-19,28H2,1H3/t20?,21?,22?,25-,26-,27?/m1/s1. The van der Waals surface area contributed by atoms with Crippen molar-refractivity contribution in [3.8, 4) is 0 Å². The van der Waals surface area contributed by atoms with Crippen LogP contribution in [-0.4, -0.2) is 12.3 Å². The molecule has 29 heavy (non-hydrogen) atoms. The van der Waals surface area contributed by atoms with Gasteiger partial charge in [-0.1, -0.05) is 43.7 Å². The fourth-order valence-corrected chi connectivity index (χ4v) is 8.61. The highest BCUT2D eigenvalue weighted by Crippen LogP contribution is 2.71. The van der Waals surface area contributed by atoms with Gasteiger partial charge in [-0.3, -0.25) is 4.79 Å². The van der Waals surface area contributed by atoms with Gasteiger partial charge in [-0.15, -0.1) is 0 Å². The Balaban J connectivity index is 1.41. The molecule has 0 amide bonds. The van der Waals surface area contributed by atoms with Gasteiger partial charge >= 0.3 is 0 Å². The normalized spacial score (nSPS) is 43.4. The molecule has 0 saturated heterocycles. The van der Waals surface area contributed by atoms with Crippen molar-refractivity contribution in [2.75, 3.05) is 6.54 Å². The highest BCUT2D eigenvalue weighted by Gasteiger charge is 2.64. The van der Waals surface area contributed by atoms with E-state index in [0.29, 0.717) is 23.0 Å². The van der Waals surface area contributed by atoms with E-state index >= 15 is 0 Å². The summed E-state index contributed by atoms with van der Waals surface area (Å²) in [6, 6.07) is 11.2. The van der Waals surface area contributed by atoms with Crippen LogP contribution in [0.4, 0.5) is 0 Å². The summed E-state index contributed by atoms with van der Waals surface area (Å²) in [5.74, 6) is 2.70. The molecule has 0 aliphatic heterocycles. The summed E-state index contributed by atoms with van der Waals surface area (Å²) >= 11 is 0.